The fourth-order valence-electron chi connectivity index (χ4n) is 1.30. The van der Waals surface area contributed by atoms with Crippen molar-refractivity contribution < 1.29 is 0 Å². The van der Waals surface area contributed by atoms with E-state index in [9.17, 15) is 0 Å². The Balaban J connectivity index is 2.61. The molecule has 1 aromatic rings. The van der Waals surface area contributed by atoms with Crippen LogP contribution in [0, 0.1) is 0 Å². The highest BCUT2D eigenvalue weighted by Gasteiger charge is 2.08. The van der Waals surface area contributed by atoms with Gasteiger partial charge in [-0.3, -0.25) is 4.99 Å². The van der Waals surface area contributed by atoms with Gasteiger partial charge in [0.15, 0.2) is 0 Å². The SMILES string of the molecule is CC1=NCc2ccccc21. The fraction of sp³-hybridized carbons (Fsp3) is 0.222. The van der Waals surface area contributed by atoms with Gasteiger partial charge in [-0.05, 0) is 12.5 Å². The van der Waals surface area contributed by atoms with Gasteiger partial charge >= 0.3 is 0 Å². The van der Waals surface area contributed by atoms with E-state index < -0.39 is 0 Å². The van der Waals surface area contributed by atoms with Crippen LogP contribution in [-0.2, 0) is 6.54 Å². The largest absolute Gasteiger partial charge is 0.285 e. The third-order valence-corrected chi connectivity index (χ3v) is 1.89. The van der Waals surface area contributed by atoms with Crippen LogP contribution in [0.4, 0.5) is 0 Å². The number of fused-ring (bicyclic) bond motifs is 1. The Morgan fingerprint density at radius 1 is 1.30 bits per heavy atom. The molecule has 2 rings (SSSR count). The van der Waals surface area contributed by atoms with E-state index in [1.165, 1.54) is 16.8 Å². The first-order valence-electron chi connectivity index (χ1n) is 3.47. The zero-order chi connectivity index (χ0) is 6.97. The second kappa shape index (κ2) is 1.94. The lowest BCUT2D eigenvalue weighted by atomic mass is 10.1. The quantitative estimate of drug-likeness (QED) is 0.510. The van der Waals surface area contributed by atoms with Crippen molar-refractivity contribution in [2.45, 2.75) is 13.5 Å². The average Bonchev–Trinajstić information content (AvgIpc) is 2.34. The highest BCUT2D eigenvalue weighted by molar-refractivity contribution is 6.01. The lowest BCUT2D eigenvalue weighted by Gasteiger charge is -1.94. The molecular weight excluding hydrogens is 122 g/mol. The number of hydrogen-bond donors (Lipinski definition) is 0. The second-order valence-corrected chi connectivity index (χ2v) is 2.56. The molecule has 0 aliphatic carbocycles. The van der Waals surface area contributed by atoms with E-state index >= 15 is 0 Å². The van der Waals surface area contributed by atoms with Crippen molar-refractivity contribution in [3.05, 3.63) is 35.4 Å². The number of rotatable bonds is 0. The van der Waals surface area contributed by atoms with Crippen LogP contribution in [0.1, 0.15) is 18.1 Å². The summed E-state index contributed by atoms with van der Waals surface area (Å²) in [5, 5.41) is 0. The summed E-state index contributed by atoms with van der Waals surface area (Å²) in [5.41, 5.74) is 3.86. The number of aliphatic imine (C=N–C) groups is 1. The molecule has 1 nitrogen and oxygen atoms in total. The molecule has 1 heteroatoms. The molecule has 1 heterocycles. The van der Waals surface area contributed by atoms with Gasteiger partial charge in [-0.25, -0.2) is 0 Å². The van der Waals surface area contributed by atoms with Crippen LogP contribution >= 0.6 is 0 Å². The van der Waals surface area contributed by atoms with Crippen molar-refractivity contribution in [1.29, 1.82) is 0 Å². The maximum atomic E-state index is 4.32. The minimum atomic E-state index is 0.877. The summed E-state index contributed by atoms with van der Waals surface area (Å²) in [6, 6.07) is 8.38. The molecule has 50 valence electrons. The number of hydrogen-bond acceptors (Lipinski definition) is 1. The van der Waals surface area contributed by atoms with E-state index in [4.69, 9.17) is 0 Å². The zero-order valence-electron chi connectivity index (χ0n) is 5.96. The Hall–Kier alpha value is -1.11. The molecule has 0 saturated heterocycles. The Morgan fingerprint density at radius 3 is 2.90 bits per heavy atom. The van der Waals surface area contributed by atoms with Crippen molar-refractivity contribution >= 4 is 5.71 Å². The van der Waals surface area contributed by atoms with Gasteiger partial charge in [0.05, 0.1) is 6.54 Å². The summed E-state index contributed by atoms with van der Waals surface area (Å²) >= 11 is 0. The summed E-state index contributed by atoms with van der Waals surface area (Å²) in [7, 11) is 0. The van der Waals surface area contributed by atoms with Crippen molar-refractivity contribution in [2.24, 2.45) is 4.99 Å². The van der Waals surface area contributed by atoms with Crippen molar-refractivity contribution in [1.82, 2.24) is 0 Å². The third-order valence-electron chi connectivity index (χ3n) is 1.89. The number of benzene rings is 1. The second-order valence-electron chi connectivity index (χ2n) is 2.56. The first-order valence-corrected chi connectivity index (χ1v) is 3.47. The fourth-order valence-corrected chi connectivity index (χ4v) is 1.30. The lowest BCUT2D eigenvalue weighted by molar-refractivity contribution is 1.11. The van der Waals surface area contributed by atoms with Gasteiger partial charge in [0.2, 0.25) is 0 Å². The van der Waals surface area contributed by atoms with Gasteiger partial charge in [0, 0.05) is 11.3 Å². The van der Waals surface area contributed by atoms with Crippen LogP contribution in [0.3, 0.4) is 0 Å². The Bertz CT molecular complexity index is 287. The summed E-state index contributed by atoms with van der Waals surface area (Å²) < 4.78 is 0. The van der Waals surface area contributed by atoms with E-state index in [-0.39, 0.29) is 0 Å². The zero-order valence-corrected chi connectivity index (χ0v) is 5.96. The van der Waals surface area contributed by atoms with Crippen LogP contribution in [-0.4, -0.2) is 5.71 Å². The Morgan fingerprint density at radius 2 is 2.10 bits per heavy atom. The standard InChI is InChI=1S/C9H9N/c1-7-9-5-3-2-4-8(9)6-10-7/h2-5H,6H2,1H3. The molecule has 10 heavy (non-hydrogen) atoms. The molecule has 0 radical (unpaired) electrons. The highest BCUT2D eigenvalue weighted by Crippen LogP contribution is 2.17. The Labute approximate surface area is 60.4 Å². The van der Waals surface area contributed by atoms with Crippen LogP contribution in [0.25, 0.3) is 0 Å². The molecule has 1 aliphatic heterocycles. The third kappa shape index (κ3) is 0.670. The molecular formula is C9H9N. The molecule has 0 saturated carbocycles. The van der Waals surface area contributed by atoms with E-state index in [1.54, 1.807) is 0 Å². The molecule has 0 atom stereocenters. The molecule has 0 aromatic heterocycles. The van der Waals surface area contributed by atoms with Crippen LogP contribution in [0.2, 0.25) is 0 Å². The molecule has 0 N–H and O–H groups in total. The summed E-state index contributed by atoms with van der Waals surface area (Å²) in [5.74, 6) is 0. The van der Waals surface area contributed by atoms with Gasteiger partial charge in [-0.2, -0.15) is 0 Å². The lowest BCUT2D eigenvalue weighted by Crippen LogP contribution is -1.89. The minimum Gasteiger partial charge on any atom is -0.285 e. The van der Waals surface area contributed by atoms with Gasteiger partial charge in [-0.15, -0.1) is 0 Å². The minimum absolute atomic E-state index is 0.877. The van der Waals surface area contributed by atoms with Gasteiger partial charge < -0.3 is 0 Å². The molecule has 0 fully saturated rings. The van der Waals surface area contributed by atoms with E-state index in [0.29, 0.717) is 0 Å². The first-order chi connectivity index (χ1) is 4.88. The van der Waals surface area contributed by atoms with Gasteiger partial charge in [0.25, 0.3) is 0 Å². The Kier molecular flexibility index (Phi) is 1.10. The maximum absolute atomic E-state index is 4.32. The normalized spacial score (nSPS) is 14.7. The highest BCUT2D eigenvalue weighted by atomic mass is 14.8. The summed E-state index contributed by atoms with van der Waals surface area (Å²) in [6.45, 7) is 2.94. The summed E-state index contributed by atoms with van der Waals surface area (Å²) in [4.78, 5) is 4.32. The monoisotopic (exact) mass is 131 g/mol. The molecule has 0 amide bonds. The first kappa shape index (κ1) is 5.66. The van der Waals surface area contributed by atoms with Crippen molar-refractivity contribution in [3.63, 3.8) is 0 Å². The molecule has 1 aromatic carbocycles. The van der Waals surface area contributed by atoms with Crippen molar-refractivity contribution in [3.8, 4) is 0 Å². The van der Waals surface area contributed by atoms with Crippen LogP contribution in [0.5, 0.6) is 0 Å². The van der Waals surface area contributed by atoms with E-state index in [1.807, 2.05) is 0 Å². The van der Waals surface area contributed by atoms with E-state index in [2.05, 4.69) is 36.2 Å². The average molecular weight is 131 g/mol. The molecule has 0 unspecified atom stereocenters. The molecule has 0 spiro atoms. The molecule has 0 bridgehead atoms. The van der Waals surface area contributed by atoms with Crippen LogP contribution in [0.15, 0.2) is 29.3 Å². The smallest absolute Gasteiger partial charge is 0.0649 e. The topological polar surface area (TPSA) is 12.4 Å². The maximum Gasteiger partial charge on any atom is 0.0649 e. The molecule has 1 aliphatic rings. The number of nitrogens with zero attached hydrogens (tertiary/aromatic N) is 1. The van der Waals surface area contributed by atoms with Gasteiger partial charge in [0.1, 0.15) is 0 Å². The van der Waals surface area contributed by atoms with Gasteiger partial charge in [-0.1, -0.05) is 24.3 Å². The van der Waals surface area contributed by atoms with Crippen LogP contribution < -0.4 is 0 Å². The predicted octanol–water partition coefficient (Wildman–Crippen LogP) is 2.01. The predicted molar refractivity (Wildman–Crippen MR) is 42.4 cm³/mol. The van der Waals surface area contributed by atoms with E-state index in [0.717, 1.165) is 6.54 Å². The van der Waals surface area contributed by atoms with Crippen molar-refractivity contribution in [2.75, 3.05) is 0 Å². The summed E-state index contributed by atoms with van der Waals surface area (Å²) in [6.07, 6.45) is 0.